The Balaban J connectivity index is 0.000000462. The Morgan fingerprint density at radius 2 is 1.80 bits per heavy atom. The highest BCUT2D eigenvalue weighted by Gasteiger charge is 2.37. The van der Waals surface area contributed by atoms with E-state index >= 15 is 0 Å². The summed E-state index contributed by atoms with van der Waals surface area (Å²) in [5.41, 5.74) is -0.250. The standard InChI is InChI=1S/C9H18O4.C9H16O3/c1-6(5-13-8(11)12)7(10)9(2,3)4;1-6-5-11-8(10)12-7(6)9(2,3)4/h6-7,10H,5H2,1-4H3,(H,11,12);6-7H,5H2,1-4H3. The molecule has 0 bridgehead atoms. The first-order valence-corrected chi connectivity index (χ1v) is 8.53. The zero-order valence-corrected chi connectivity index (χ0v) is 16.7. The Labute approximate surface area is 150 Å². The van der Waals surface area contributed by atoms with Crippen molar-refractivity contribution in [2.75, 3.05) is 13.2 Å². The Hall–Kier alpha value is -1.50. The molecule has 148 valence electrons. The summed E-state index contributed by atoms with van der Waals surface area (Å²) in [4.78, 5) is 20.9. The third-order valence-corrected chi connectivity index (χ3v) is 3.95. The molecule has 0 saturated carbocycles. The molecule has 1 heterocycles. The van der Waals surface area contributed by atoms with Crippen LogP contribution in [0.3, 0.4) is 0 Å². The molecule has 2 N–H and O–H groups in total. The second-order valence-electron chi connectivity index (χ2n) is 8.81. The van der Waals surface area contributed by atoms with Crippen LogP contribution in [0.4, 0.5) is 9.59 Å². The first kappa shape index (κ1) is 23.5. The molecule has 4 unspecified atom stereocenters. The second-order valence-corrected chi connectivity index (χ2v) is 8.81. The number of aliphatic hydroxyl groups excluding tert-OH is 1. The first-order chi connectivity index (χ1) is 11.2. The third kappa shape index (κ3) is 8.95. The van der Waals surface area contributed by atoms with Crippen molar-refractivity contribution < 1.29 is 34.0 Å². The average molecular weight is 362 g/mol. The Kier molecular flexibility index (Phi) is 8.71. The lowest BCUT2D eigenvalue weighted by Crippen LogP contribution is -2.43. The highest BCUT2D eigenvalue weighted by molar-refractivity contribution is 5.61. The number of ether oxygens (including phenoxy) is 3. The fourth-order valence-electron chi connectivity index (χ4n) is 2.72. The SMILES string of the molecule is CC(COC(=O)O)C(O)C(C)(C)C.CC1COC(=O)OC1C(C)(C)C. The van der Waals surface area contributed by atoms with Crippen molar-refractivity contribution in [1.29, 1.82) is 0 Å². The third-order valence-electron chi connectivity index (χ3n) is 3.95. The Morgan fingerprint density at radius 1 is 1.28 bits per heavy atom. The second kappa shape index (κ2) is 9.27. The van der Waals surface area contributed by atoms with Crippen LogP contribution in [0.2, 0.25) is 0 Å². The number of carbonyl (C=O) groups is 2. The van der Waals surface area contributed by atoms with E-state index in [2.05, 4.69) is 25.5 Å². The molecule has 0 amide bonds. The number of hydrogen-bond donors (Lipinski definition) is 2. The van der Waals surface area contributed by atoms with Crippen molar-refractivity contribution in [2.24, 2.45) is 22.7 Å². The molecule has 1 rings (SSSR count). The highest BCUT2D eigenvalue weighted by atomic mass is 16.7. The van der Waals surface area contributed by atoms with Crippen LogP contribution in [-0.2, 0) is 14.2 Å². The van der Waals surface area contributed by atoms with Crippen LogP contribution in [0, 0.1) is 22.7 Å². The predicted octanol–water partition coefficient (Wildman–Crippen LogP) is 3.93. The molecule has 7 nitrogen and oxygen atoms in total. The predicted molar refractivity (Wildman–Crippen MR) is 93.4 cm³/mol. The molecule has 0 aromatic heterocycles. The van der Waals surface area contributed by atoms with Gasteiger partial charge in [-0.15, -0.1) is 0 Å². The van der Waals surface area contributed by atoms with E-state index in [1.54, 1.807) is 6.92 Å². The molecule has 0 spiro atoms. The fraction of sp³-hybridized carbons (Fsp3) is 0.889. The van der Waals surface area contributed by atoms with E-state index in [0.29, 0.717) is 6.61 Å². The lowest BCUT2D eigenvalue weighted by Gasteiger charge is -2.37. The molecule has 1 aliphatic heterocycles. The summed E-state index contributed by atoms with van der Waals surface area (Å²) < 4.78 is 14.2. The van der Waals surface area contributed by atoms with Gasteiger partial charge < -0.3 is 24.4 Å². The van der Waals surface area contributed by atoms with Crippen LogP contribution in [0.25, 0.3) is 0 Å². The van der Waals surface area contributed by atoms with Crippen LogP contribution in [0.5, 0.6) is 0 Å². The molecule has 0 radical (unpaired) electrons. The summed E-state index contributed by atoms with van der Waals surface area (Å²) in [5, 5.41) is 17.9. The summed E-state index contributed by atoms with van der Waals surface area (Å²) in [6.45, 7) is 16.2. The highest BCUT2D eigenvalue weighted by Crippen LogP contribution is 2.31. The minimum Gasteiger partial charge on any atom is -0.450 e. The lowest BCUT2D eigenvalue weighted by atomic mass is 9.82. The normalized spacial score (nSPS) is 23.3. The minimum atomic E-state index is -1.30. The van der Waals surface area contributed by atoms with Gasteiger partial charge >= 0.3 is 12.3 Å². The van der Waals surface area contributed by atoms with Gasteiger partial charge in [-0.25, -0.2) is 9.59 Å². The van der Waals surface area contributed by atoms with Gasteiger partial charge in [0.15, 0.2) is 0 Å². The van der Waals surface area contributed by atoms with E-state index in [0.717, 1.165) is 0 Å². The van der Waals surface area contributed by atoms with Crippen LogP contribution in [0.1, 0.15) is 55.4 Å². The molecule has 0 aromatic carbocycles. The van der Waals surface area contributed by atoms with E-state index < -0.39 is 18.4 Å². The average Bonchev–Trinajstić information content (AvgIpc) is 2.45. The molecule has 25 heavy (non-hydrogen) atoms. The first-order valence-electron chi connectivity index (χ1n) is 8.53. The molecule has 0 aliphatic carbocycles. The van der Waals surface area contributed by atoms with Gasteiger partial charge in [-0.3, -0.25) is 0 Å². The van der Waals surface area contributed by atoms with Gasteiger partial charge in [-0.05, 0) is 10.8 Å². The molecule has 4 atom stereocenters. The molecule has 0 aromatic rings. The summed E-state index contributed by atoms with van der Waals surface area (Å²) in [7, 11) is 0. The number of cyclic esters (lactones) is 2. The van der Waals surface area contributed by atoms with E-state index in [9.17, 15) is 14.7 Å². The van der Waals surface area contributed by atoms with Crippen LogP contribution < -0.4 is 0 Å². The van der Waals surface area contributed by atoms with Gasteiger partial charge in [0, 0.05) is 11.8 Å². The summed E-state index contributed by atoms with van der Waals surface area (Å²) in [6, 6.07) is 0. The van der Waals surface area contributed by atoms with Crippen LogP contribution in [0.15, 0.2) is 0 Å². The monoisotopic (exact) mass is 362 g/mol. The maximum absolute atomic E-state index is 10.8. The fourth-order valence-corrected chi connectivity index (χ4v) is 2.72. The van der Waals surface area contributed by atoms with Gasteiger partial charge in [0.25, 0.3) is 0 Å². The quantitative estimate of drug-likeness (QED) is 0.733. The molecule has 7 heteroatoms. The van der Waals surface area contributed by atoms with Crippen molar-refractivity contribution in [3.63, 3.8) is 0 Å². The van der Waals surface area contributed by atoms with Crippen molar-refractivity contribution in [2.45, 2.75) is 67.6 Å². The lowest BCUT2D eigenvalue weighted by molar-refractivity contribution is -0.0936. The zero-order chi connectivity index (χ0) is 20.0. The summed E-state index contributed by atoms with van der Waals surface area (Å²) >= 11 is 0. The van der Waals surface area contributed by atoms with Crippen LogP contribution >= 0.6 is 0 Å². The maximum atomic E-state index is 10.8. The van der Waals surface area contributed by atoms with Crippen molar-refractivity contribution >= 4 is 12.3 Å². The molecular formula is C18H34O7. The van der Waals surface area contributed by atoms with Gasteiger partial charge in [-0.1, -0.05) is 55.4 Å². The molecule has 1 fully saturated rings. The van der Waals surface area contributed by atoms with Crippen LogP contribution in [-0.4, -0.2) is 47.9 Å². The van der Waals surface area contributed by atoms with E-state index in [1.807, 2.05) is 27.7 Å². The Morgan fingerprint density at radius 3 is 2.16 bits per heavy atom. The van der Waals surface area contributed by atoms with Gasteiger partial charge in [0.05, 0.1) is 12.7 Å². The summed E-state index contributed by atoms with van der Waals surface area (Å²) in [6.07, 6.45) is -2.42. The van der Waals surface area contributed by atoms with E-state index in [-0.39, 0.29) is 35.4 Å². The zero-order valence-electron chi connectivity index (χ0n) is 16.7. The Bertz CT molecular complexity index is 434. The number of carbonyl (C=O) groups excluding carboxylic acids is 1. The van der Waals surface area contributed by atoms with Gasteiger partial charge in [0.1, 0.15) is 12.7 Å². The van der Waals surface area contributed by atoms with Crippen molar-refractivity contribution in [3.05, 3.63) is 0 Å². The number of aliphatic hydroxyl groups is 1. The minimum absolute atomic E-state index is 0.00113. The largest absolute Gasteiger partial charge is 0.508 e. The molecular weight excluding hydrogens is 328 g/mol. The molecule has 1 aliphatic rings. The van der Waals surface area contributed by atoms with Crippen molar-refractivity contribution in [1.82, 2.24) is 0 Å². The summed E-state index contributed by atoms with van der Waals surface area (Å²) in [5.74, 6) is 0.0961. The number of rotatable bonds is 3. The maximum Gasteiger partial charge on any atom is 0.508 e. The van der Waals surface area contributed by atoms with Gasteiger partial charge in [0.2, 0.25) is 0 Å². The molecule has 1 saturated heterocycles. The smallest absolute Gasteiger partial charge is 0.450 e. The van der Waals surface area contributed by atoms with E-state index in [1.165, 1.54) is 0 Å². The van der Waals surface area contributed by atoms with Gasteiger partial charge in [-0.2, -0.15) is 0 Å². The topological polar surface area (TPSA) is 102 Å². The van der Waals surface area contributed by atoms with Crippen molar-refractivity contribution in [3.8, 4) is 0 Å². The number of carboxylic acid groups (broad SMARTS) is 1. The number of hydrogen-bond acceptors (Lipinski definition) is 6. The van der Waals surface area contributed by atoms with E-state index in [4.69, 9.17) is 14.6 Å².